The van der Waals surface area contributed by atoms with Crippen LogP contribution in [0.4, 0.5) is 0 Å². The van der Waals surface area contributed by atoms with E-state index >= 15 is 0 Å². The van der Waals surface area contributed by atoms with Gasteiger partial charge in [0.15, 0.2) is 6.29 Å². The van der Waals surface area contributed by atoms with Crippen LogP contribution >= 0.6 is 15.9 Å². The summed E-state index contributed by atoms with van der Waals surface area (Å²) < 4.78 is 6.27. The summed E-state index contributed by atoms with van der Waals surface area (Å²) in [4.78, 5) is 16.9. The molecule has 0 aliphatic carbocycles. The second-order valence-electron chi connectivity index (χ2n) is 3.85. The summed E-state index contributed by atoms with van der Waals surface area (Å²) in [5.74, 6) is -0.258. The van der Waals surface area contributed by atoms with Crippen LogP contribution in [0.5, 0.6) is 0 Å². The van der Waals surface area contributed by atoms with Crippen LogP contribution in [0.15, 0.2) is 28.7 Å². The molecule has 1 aliphatic rings. The van der Waals surface area contributed by atoms with Crippen molar-refractivity contribution >= 4 is 21.8 Å². The Bertz CT molecular complexity index is 374. The molecule has 0 bridgehead atoms. The van der Waals surface area contributed by atoms with E-state index in [9.17, 15) is 4.79 Å². The molecule has 1 aliphatic heterocycles. The van der Waals surface area contributed by atoms with E-state index in [1.54, 1.807) is 12.1 Å². The molecule has 1 aromatic rings. The standard InChI is InChI=1S/C12H14BrNO3/c13-10-6-4-9(5-7-10)12(15)14-17-11-3-1-2-8-16-11/h4-7,11H,1-3,8H2,(H,14,15). The lowest BCUT2D eigenvalue weighted by Crippen LogP contribution is -2.33. The second kappa shape index (κ2) is 6.14. The van der Waals surface area contributed by atoms with Crippen molar-refractivity contribution in [2.45, 2.75) is 25.6 Å². The molecule has 92 valence electrons. The van der Waals surface area contributed by atoms with Gasteiger partial charge in [0.05, 0.1) is 0 Å². The molecule has 2 rings (SSSR count). The number of carbonyl (C=O) groups is 1. The molecule has 0 radical (unpaired) electrons. The maximum Gasteiger partial charge on any atom is 0.274 e. The molecule has 1 heterocycles. The highest BCUT2D eigenvalue weighted by molar-refractivity contribution is 9.10. The predicted molar refractivity (Wildman–Crippen MR) is 66.3 cm³/mol. The van der Waals surface area contributed by atoms with Crippen molar-refractivity contribution in [3.63, 3.8) is 0 Å². The summed E-state index contributed by atoms with van der Waals surface area (Å²) in [5.41, 5.74) is 2.97. The fourth-order valence-electron chi connectivity index (χ4n) is 1.58. The molecule has 0 spiro atoms. The van der Waals surface area contributed by atoms with Crippen LogP contribution in [0, 0.1) is 0 Å². The van der Waals surface area contributed by atoms with Gasteiger partial charge in [0.2, 0.25) is 0 Å². The summed E-state index contributed by atoms with van der Waals surface area (Å²) in [6.07, 6.45) is 2.63. The van der Waals surface area contributed by atoms with E-state index in [1.807, 2.05) is 12.1 Å². The number of carbonyl (C=O) groups excluding carboxylic acids is 1. The fraction of sp³-hybridized carbons (Fsp3) is 0.417. The van der Waals surface area contributed by atoms with Crippen molar-refractivity contribution in [1.29, 1.82) is 0 Å². The number of benzene rings is 1. The third kappa shape index (κ3) is 3.80. The normalized spacial score (nSPS) is 19.9. The van der Waals surface area contributed by atoms with Crippen molar-refractivity contribution in [3.05, 3.63) is 34.3 Å². The van der Waals surface area contributed by atoms with Crippen LogP contribution in [-0.2, 0) is 9.57 Å². The maximum absolute atomic E-state index is 11.7. The van der Waals surface area contributed by atoms with Gasteiger partial charge in [0.25, 0.3) is 5.91 Å². The quantitative estimate of drug-likeness (QED) is 0.873. The van der Waals surface area contributed by atoms with Crippen LogP contribution in [0.3, 0.4) is 0 Å². The first kappa shape index (κ1) is 12.5. The van der Waals surface area contributed by atoms with Crippen molar-refractivity contribution in [1.82, 2.24) is 5.48 Å². The summed E-state index contributed by atoms with van der Waals surface area (Å²) in [5, 5.41) is 0. The molecule has 1 aromatic carbocycles. The van der Waals surface area contributed by atoms with Gasteiger partial charge in [-0.25, -0.2) is 10.3 Å². The molecule has 1 atom stereocenters. The van der Waals surface area contributed by atoms with Crippen molar-refractivity contribution in [2.24, 2.45) is 0 Å². The Balaban J connectivity index is 1.82. The zero-order valence-corrected chi connectivity index (χ0v) is 10.9. The number of hydrogen-bond acceptors (Lipinski definition) is 3. The van der Waals surface area contributed by atoms with Crippen molar-refractivity contribution < 1.29 is 14.4 Å². The van der Waals surface area contributed by atoms with Crippen molar-refractivity contribution in [3.8, 4) is 0 Å². The highest BCUT2D eigenvalue weighted by atomic mass is 79.9. The second-order valence-corrected chi connectivity index (χ2v) is 4.77. The minimum Gasteiger partial charge on any atom is -0.350 e. The van der Waals surface area contributed by atoms with E-state index in [-0.39, 0.29) is 12.2 Å². The van der Waals surface area contributed by atoms with Crippen molar-refractivity contribution in [2.75, 3.05) is 6.61 Å². The molecule has 4 nitrogen and oxygen atoms in total. The van der Waals surface area contributed by atoms with Gasteiger partial charge >= 0.3 is 0 Å². The van der Waals surface area contributed by atoms with Gasteiger partial charge in [0, 0.05) is 23.1 Å². The predicted octanol–water partition coefficient (Wildman–Crippen LogP) is 2.64. The third-order valence-corrected chi connectivity index (χ3v) is 3.06. The molecule has 0 saturated carbocycles. The van der Waals surface area contributed by atoms with Gasteiger partial charge in [-0.1, -0.05) is 15.9 Å². The number of hydrogen-bond donors (Lipinski definition) is 1. The Morgan fingerprint density at radius 3 is 2.76 bits per heavy atom. The molecular weight excluding hydrogens is 286 g/mol. The van der Waals surface area contributed by atoms with Crippen LogP contribution in [0.2, 0.25) is 0 Å². The van der Waals surface area contributed by atoms with E-state index in [2.05, 4.69) is 21.4 Å². The number of nitrogens with one attached hydrogen (secondary N) is 1. The highest BCUT2D eigenvalue weighted by Gasteiger charge is 2.16. The Hall–Kier alpha value is -0.910. The smallest absolute Gasteiger partial charge is 0.274 e. The zero-order chi connectivity index (χ0) is 12.1. The average Bonchev–Trinajstić information content (AvgIpc) is 2.38. The number of rotatable bonds is 3. The number of amides is 1. The number of ether oxygens (including phenoxy) is 1. The SMILES string of the molecule is O=C(NOC1CCCCO1)c1ccc(Br)cc1. The zero-order valence-electron chi connectivity index (χ0n) is 9.32. The molecule has 1 saturated heterocycles. The van der Waals surface area contributed by atoms with Gasteiger partial charge in [-0.15, -0.1) is 0 Å². The van der Waals surface area contributed by atoms with Gasteiger partial charge in [0.1, 0.15) is 0 Å². The summed E-state index contributed by atoms with van der Waals surface area (Å²) in [6.45, 7) is 0.693. The van der Waals surface area contributed by atoms with E-state index in [0.717, 1.165) is 23.7 Å². The lowest BCUT2D eigenvalue weighted by atomic mass is 10.2. The largest absolute Gasteiger partial charge is 0.350 e. The molecule has 1 N–H and O–H groups in total. The first-order chi connectivity index (χ1) is 8.25. The minimum absolute atomic E-state index is 0.258. The van der Waals surface area contributed by atoms with E-state index in [4.69, 9.17) is 9.57 Å². The van der Waals surface area contributed by atoms with E-state index in [0.29, 0.717) is 12.2 Å². The summed E-state index contributed by atoms with van der Waals surface area (Å²) >= 11 is 3.31. The maximum atomic E-state index is 11.7. The number of halogens is 1. The molecule has 0 aromatic heterocycles. The van der Waals surface area contributed by atoms with Crippen LogP contribution < -0.4 is 5.48 Å². The Kier molecular flexibility index (Phi) is 4.53. The third-order valence-electron chi connectivity index (χ3n) is 2.53. The average molecular weight is 300 g/mol. The van der Waals surface area contributed by atoms with E-state index < -0.39 is 0 Å². The van der Waals surface area contributed by atoms with Gasteiger partial charge in [-0.05, 0) is 37.1 Å². The minimum atomic E-state index is -0.317. The van der Waals surface area contributed by atoms with Crippen LogP contribution in [0.1, 0.15) is 29.6 Å². The Morgan fingerprint density at radius 2 is 2.12 bits per heavy atom. The number of hydroxylamine groups is 1. The first-order valence-corrected chi connectivity index (χ1v) is 6.38. The first-order valence-electron chi connectivity index (χ1n) is 5.59. The summed E-state index contributed by atoms with van der Waals surface area (Å²) in [6, 6.07) is 7.08. The molecule has 5 heteroatoms. The summed E-state index contributed by atoms with van der Waals surface area (Å²) in [7, 11) is 0. The lowest BCUT2D eigenvalue weighted by molar-refractivity contribution is -0.186. The van der Waals surface area contributed by atoms with E-state index in [1.165, 1.54) is 0 Å². The molecular formula is C12H14BrNO3. The van der Waals surface area contributed by atoms with Crippen LogP contribution in [0.25, 0.3) is 0 Å². The molecule has 1 amide bonds. The molecule has 17 heavy (non-hydrogen) atoms. The molecule has 1 unspecified atom stereocenters. The molecule has 1 fully saturated rings. The monoisotopic (exact) mass is 299 g/mol. The van der Waals surface area contributed by atoms with Gasteiger partial charge in [-0.3, -0.25) is 4.79 Å². The van der Waals surface area contributed by atoms with Gasteiger partial charge < -0.3 is 4.74 Å². The highest BCUT2D eigenvalue weighted by Crippen LogP contribution is 2.13. The lowest BCUT2D eigenvalue weighted by Gasteiger charge is -2.22. The Labute approximate surface area is 108 Å². The fourth-order valence-corrected chi connectivity index (χ4v) is 1.85. The topological polar surface area (TPSA) is 47.6 Å². The Morgan fingerprint density at radius 1 is 1.35 bits per heavy atom. The van der Waals surface area contributed by atoms with Crippen LogP contribution in [-0.4, -0.2) is 18.8 Å². The van der Waals surface area contributed by atoms with Gasteiger partial charge in [-0.2, -0.15) is 0 Å².